The molecule has 8 heteroatoms. The van der Waals surface area contributed by atoms with Gasteiger partial charge < -0.3 is 5.32 Å². The van der Waals surface area contributed by atoms with E-state index in [0.29, 0.717) is 22.1 Å². The third kappa shape index (κ3) is 4.45. The van der Waals surface area contributed by atoms with Gasteiger partial charge in [-0.1, -0.05) is 55.3 Å². The zero-order valence-electron chi connectivity index (χ0n) is 16.8. The van der Waals surface area contributed by atoms with E-state index in [-0.39, 0.29) is 10.8 Å². The molecular weight excluding hydrogens is 452 g/mol. The van der Waals surface area contributed by atoms with E-state index in [1.807, 2.05) is 43.3 Å². The van der Waals surface area contributed by atoms with Crippen LogP contribution in [0.15, 0.2) is 65.6 Å². The molecule has 3 aromatic carbocycles. The molecule has 0 fully saturated rings. The van der Waals surface area contributed by atoms with Crippen LogP contribution in [-0.4, -0.2) is 20.9 Å². The van der Waals surface area contributed by atoms with Gasteiger partial charge in [-0.2, -0.15) is 0 Å². The summed E-state index contributed by atoms with van der Waals surface area (Å²) in [5.41, 5.74) is 0.496. The SMILES string of the molecule is CCCCNS(=O)(=O)c1ccc(NC(=O)c2sc3ccc4ccccc4c3c2Cl)cc1. The minimum absolute atomic E-state index is 0.160. The first-order chi connectivity index (χ1) is 14.9. The van der Waals surface area contributed by atoms with Crippen LogP contribution in [0.4, 0.5) is 5.69 Å². The number of amides is 1. The molecule has 160 valence electrons. The van der Waals surface area contributed by atoms with Crippen molar-refractivity contribution in [3.8, 4) is 0 Å². The molecule has 0 aliphatic heterocycles. The van der Waals surface area contributed by atoms with E-state index < -0.39 is 10.0 Å². The van der Waals surface area contributed by atoms with Gasteiger partial charge in [0.05, 0.1) is 9.92 Å². The van der Waals surface area contributed by atoms with Crippen LogP contribution < -0.4 is 10.0 Å². The lowest BCUT2D eigenvalue weighted by Gasteiger charge is -2.08. The number of unbranched alkanes of at least 4 members (excludes halogenated alkanes) is 1. The molecule has 4 rings (SSSR count). The summed E-state index contributed by atoms with van der Waals surface area (Å²) < 4.78 is 28.1. The zero-order chi connectivity index (χ0) is 22.0. The van der Waals surface area contributed by atoms with E-state index in [1.165, 1.54) is 23.5 Å². The zero-order valence-corrected chi connectivity index (χ0v) is 19.2. The van der Waals surface area contributed by atoms with E-state index in [1.54, 1.807) is 12.1 Å². The van der Waals surface area contributed by atoms with Gasteiger partial charge in [-0.15, -0.1) is 11.3 Å². The highest BCUT2D eigenvalue weighted by molar-refractivity contribution is 7.89. The van der Waals surface area contributed by atoms with Gasteiger partial charge in [-0.3, -0.25) is 4.79 Å². The molecule has 0 spiro atoms. The van der Waals surface area contributed by atoms with Gasteiger partial charge in [0.1, 0.15) is 4.88 Å². The molecule has 0 radical (unpaired) electrons. The molecule has 0 atom stereocenters. The summed E-state index contributed by atoms with van der Waals surface area (Å²) in [6.45, 7) is 2.40. The van der Waals surface area contributed by atoms with Crippen molar-refractivity contribution < 1.29 is 13.2 Å². The highest BCUT2D eigenvalue weighted by atomic mass is 35.5. The van der Waals surface area contributed by atoms with Crippen molar-refractivity contribution in [1.29, 1.82) is 0 Å². The molecule has 1 aromatic heterocycles. The average Bonchev–Trinajstić information content (AvgIpc) is 3.11. The van der Waals surface area contributed by atoms with Crippen molar-refractivity contribution in [3.05, 3.63) is 70.6 Å². The molecule has 0 aliphatic carbocycles. The lowest BCUT2D eigenvalue weighted by atomic mass is 10.1. The molecule has 0 bridgehead atoms. The predicted octanol–water partition coefficient (Wildman–Crippen LogP) is 6.04. The number of thiophene rings is 1. The van der Waals surface area contributed by atoms with E-state index in [9.17, 15) is 13.2 Å². The van der Waals surface area contributed by atoms with Crippen molar-refractivity contribution in [3.63, 3.8) is 0 Å². The number of hydrogen-bond donors (Lipinski definition) is 2. The third-order valence-corrected chi connectivity index (χ3v) is 8.09. The first-order valence-corrected chi connectivity index (χ1v) is 12.6. The van der Waals surface area contributed by atoms with Crippen molar-refractivity contribution in [2.75, 3.05) is 11.9 Å². The second kappa shape index (κ2) is 8.96. The molecule has 5 nitrogen and oxygen atoms in total. The Morgan fingerprint density at radius 3 is 2.52 bits per heavy atom. The normalized spacial score (nSPS) is 11.8. The molecule has 0 unspecified atom stereocenters. The Bertz CT molecular complexity index is 1360. The first-order valence-electron chi connectivity index (χ1n) is 9.91. The fraction of sp³-hybridized carbons (Fsp3) is 0.174. The number of hydrogen-bond acceptors (Lipinski definition) is 4. The minimum atomic E-state index is -3.56. The van der Waals surface area contributed by atoms with Crippen molar-refractivity contribution in [2.45, 2.75) is 24.7 Å². The molecule has 0 aliphatic rings. The molecule has 2 N–H and O–H groups in total. The second-order valence-electron chi connectivity index (χ2n) is 7.13. The summed E-state index contributed by atoms with van der Waals surface area (Å²) in [6, 6.07) is 18.0. The molecule has 1 heterocycles. The number of benzene rings is 3. The second-order valence-corrected chi connectivity index (χ2v) is 10.3. The average molecular weight is 473 g/mol. The van der Waals surface area contributed by atoms with Gasteiger partial charge in [-0.25, -0.2) is 13.1 Å². The van der Waals surface area contributed by atoms with Crippen LogP contribution >= 0.6 is 22.9 Å². The Kier molecular flexibility index (Phi) is 6.29. The molecule has 4 aromatic rings. The molecule has 31 heavy (non-hydrogen) atoms. The van der Waals surface area contributed by atoms with Crippen molar-refractivity contribution in [2.24, 2.45) is 0 Å². The Labute approximate surface area is 190 Å². The van der Waals surface area contributed by atoms with Gasteiger partial charge in [0.2, 0.25) is 10.0 Å². The van der Waals surface area contributed by atoms with Gasteiger partial charge in [0.15, 0.2) is 0 Å². The van der Waals surface area contributed by atoms with Gasteiger partial charge in [0, 0.05) is 22.3 Å². The smallest absolute Gasteiger partial charge is 0.267 e. The lowest BCUT2D eigenvalue weighted by molar-refractivity contribution is 0.103. The van der Waals surface area contributed by atoms with Crippen LogP contribution in [0.1, 0.15) is 29.4 Å². The summed E-state index contributed by atoms with van der Waals surface area (Å²) in [4.78, 5) is 13.5. The number of sulfonamides is 1. The molecule has 0 saturated heterocycles. The number of rotatable bonds is 7. The van der Waals surface area contributed by atoms with E-state index in [2.05, 4.69) is 10.0 Å². The van der Waals surface area contributed by atoms with E-state index in [0.717, 1.165) is 33.7 Å². The fourth-order valence-electron chi connectivity index (χ4n) is 3.35. The number of fused-ring (bicyclic) bond motifs is 3. The minimum Gasteiger partial charge on any atom is -0.321 e. The summed E-state index contributed by atoms with van der Waals surface area (Å²) in [5.74, 6) is -0.327. The molecular formula is C23H21ClN2O3S2. The van der Waals surface area contributed by atoms with Gasteiger partial charge >= 0.3 is 0 Å². The number of halogens is 1. The number of anilines is 1. The van der Waals surface area contributed by atoms with Crippen LogP contribution in [0.25, 0.3) is 20.9 Å². The first kappa shape index (κ1) is 21.8. The maximum absolute atomic E-state index is 12.9. The van der Waals surface area contributed by atoms with E-state index in [4.69, 9.17) is 11.6 Å². The summed E-state index contributed by atoms with van der Waals surface area (Å²) in [5, 5.41) is 6.17. The Morgan fingerprint density at radius 2 is 1.77 bits per heavy atom. The van der Waals surface area contributed by atoms with E-state index >= 15 is 0 Å². The maximum Gasteiger partial charge on any atom is 0.267 e. The van der Waals surface area contributed by atoms with Crippen LogP contribution in [0.5, 0.6) is 0 Å². The van der Waals surface area contributed by atoms with Crippen LogP contribution in [0.3, 0.4) is 0 Å². The molecule has 0 saturated carbocycles. The topological polar surface area (TPSA) is 75.3 Å². The quantitative estimate of drug-likeness (QED) is 0.322. The fourth-order valence-corrected chi connectivity index (χ4v) is 5.89. The summed E-state index contributed by atoms with van der Waals surface area (Å²) >= 11 is 7.94. The Hall–Kier alpha value is -2.45. The number of nitrogens with one attached hydrogen (secondary N) is 2. The van der Waals surface area contributed by atoms with Crippen LogP contribution in [0, 0.1) is 0 Å². The monoisotopic (exact) mass is 472 g/mol. The predicted molar refractivity (Wildman–Crippen MR) is 129 cm³/mol. The Morgan fingerprint density at radius 1 is 1.03 bits per heavy atom. The summed E-state index contributed by atoms with van der Waals surface area (Å²) in [7, 11) is -3.56. The summed E-state index contributed by atoms with van der Waals surface area (Å²) in [6.07, 6.45) is 1.68. The van der Waals surface area contributed by atoms with Crippen molar-refractivity contribution >= 4 is 65.4 Å². The number of carbonyl (C=O) groups is 1. The van der Waals surface area contributed by atoms with Gasteiger partial charge in [0.25, 0.3) is 5.91 Å². The highest BCUT2D eigenvalue weighted by Gasteiger charge is 2.19. The number of carbonyl (C=O) groups excluding carboxylic acids is 1. The largest absolute Gasteiger partial charge is 0.321 e. The highest BCUT2D eigenvalue weighted by Crippen LogP contribution is 2.40. The van der Waals surface area contributed by atoms with Crippen LogP contribution in [-0.2, 0) is 10.0 Å². The van der Waals surface area contributed by atoms with Crippen molar-refractivity contribution in [1.82, 2.24) is 4.72 Å². The van der Waals surface area contributed by atoms with Crippen LogP contribution in [0.2, 0.25) is 5.02 Å². The third-order valence-electron chi connectivity index (χ3n) is 4.97. The molecule has 1 amide bonds. The lowest BCUT2D eigenvalue weighted by Crippen LogP contribution is -2.24. The standard InChI is InChI=1S/C23H21ClN2O3S2/c1-2-3-14-25-31(28,29)17-11-9-16(10-12-17)26-23(27)22-21(24)20-18-7-5-4-6-15(18)8-13-19(20)30-22/h4-13,25H,2-3,14H2,1H3,(H,26,27). The Balaban J connectivity index is 1.57. The maximum atomic E-state index is 12.9. The van der Waals surface area contributed by atoms with Gasteiger partial charge in [-0.05, 0) is 47.5 Å².